The number of hydrogen-bond acceptors (Lipinski definition) is 0. The molecule has 0 aromatic heterocycles. The molecule has 0 N–H and O–H groups in total. The van der Waals surface area contributed by atoms with Gasteiger partial charge >= 0.3 is 25.8 Å². The zero-order valence-electron chi connectivity index (χ0n) is 1.46. The molecule has 0 unspecified atom stereocenters. The third-order valence-corrected chi connectivity index (χ3v) is 0. The van der Waals surface area contributed by atoms with E-state index >= 15 is 0 Å². The van der Waals surface area contributed by atoms with E-state index in [0.717, 1.165) is 0 Å². The average Bonchev–Trinajstić information content (AvgIpc) is 0.918. The number of rotatable bonds is 0. The second kappa shape index (κ2) is 8.82. The molecule has 0 aromatic rings. The van der Waals surface area contributed by atoms with E-state index in [1.165, 1.54) is 0 Å². The molecule has 0 saturated carbocycles. The molecule has 0 aliphatic carbocycles. The molecule has 0 radical (unpaired) electrons. The standard InChI is InChI=1S/CH2Cl2.In.3H/c2-1-3;;;;/h1H2;;;;. The molecule has 0 aliphatic rings. The molecular weight excluding hydrogens is 198 g/mol. The predicted octanol–water partition coefficient (Wildman–Crippen LogP) is 0.238. The van der Waals surface area contributed by atoms with Crippen molar-refractivity contribution in [3.05, 3.63) is 0 Å². The first-order valence-corrected chi connectivity index (χ1v) is 1.60. The predicted molar refractivity (Wildman–Crippen MR) is 26.5 cm³/mol. The average molecular weight is 203 g/mol. The van der Waals surface area contributed by atoms with Crippen molar-refractivity contribution in [1.82, 2.24) is 0 Å². The van der Waals surface area contributed by atoms with E-state index in [0.29, 0.717) is 0 Å². The van der Waals surface area contributed by atoms with Crippen molar-refractivity contribution in [3.8, 4) is 0 Å². The summed E-state index contributed by atoms with van der Waals surface area (Å²) in [5.74, 6) is 0. The molecule has 0 heterocycles. The second-order valence-corrected chi connectivity index (χ2v) is 0.909. The Kier molecular flexibility index (Phi) is 20.0. The van der Waals surface area contributed by atoms with Gasteiger partial charge in [-0.2, -0.15) is 0 Å². The van der Waals surface area contributed by atoms with Gasteiger partial charge in [0.25, 0.3) is 0 Å². The SMILES string of the molecule is ClCCl.[InH3]. The summed E-state index contributed by atoms with van der Waals surface area (Å²) >= 11 is 9.53. The van der Waals surface area contributed by atoms with Crippen molar-refractivity contribution in [3.63, 3.8) is 0 Å². The van der Waals surface area contributed by atoms with Gasteiger partial charge in [-0.15, -0.1) is 23.2 Å². The second-order valence-electron chi connectivity index (χ2n) is 0.101. The molecule has 0 bridgehead atoms. The summed E-state index contributed by atoms with van der Waals surface area (Å²) in [5, 5.41) is 0.194. The Bertz CT molecular complexity index is 6.00. The summed E-state index contributed by atoms with van der Waals surface area (Å²) in [6.45, 7) is 0. The van der Waals surface area contributed by atoms with Crippen LogP contribution in [0.15, 0.2) is 0 Å². The quantitative estimate of drug-likeness (QED) is 0.494. The molecule has 4 heavy (non-hydrogen) atoms. The fourth-order valence-corrected chi connectivity index (χ4v) is 0. The maximum absolute atomic E-state index is 4.76. The summed E-state index contributed by atoms with van der Waals surface area (Å²) in [6.07, 6.45) is 0. The van der Waals surface area contributed by atoms with Crippen molar-refractivity contribution in [1.29, 1.82) is 0 Å². The van der Waals surface area contributed by atoms with Crippen LogP contribution in [0, 0.1) is 0 Å². The molecule has 0 saturated heterocycles. The van der Waals surface area contributed by atoms with Crippen LogP contribution in [-0.4, -0.2) is 31.2 Å². The molecule has 0 aromatic carbocycles. The van der Waals surface area contributed by atoms with Gasteiger partial charge in [0.1, 0.15) is 0 Å². The maximum atomic E-state index is 4.76. The third-order valence-electron chi connectivity index (χ3n) is 0. The minimum absolute atomic E-state index is 0. The fourth-order valence-electron chi connectivity index (χ4n) is 0. The van der Waals surface area contributed by atoms with E-state index in [9.17, 15) is 0 Å². The van der Waals surface area contributed by atoms with E-state index in [2.05, 4.69) is 0 Å². The Hall–Kier alpha value is 1.45. The van der Waals surface area contributed by atoms with Crippen LogP contribution in [0.4, 0.5) is 0 Å². The van der Waals surface area contributed by atoms with Crippen LogP contribution in [-0.2, 0) is 0 Å². The van der Waals surface area contributed by atoms with Gasteiger partial charge in [0.2, 0.25) is 0 Å². The van der Waals surface area contributed by atoms with Gasteiger partial charge in [0.05, 0.1) is 5.34 Å². The van der Waals surface area contributed by atoms with Gasteiger partial charge in [-0.1, -0.05) is 0 Å². The number of alkyl halides is 2. The zero-order valence-corrected chi connectivity index (χ0v) is 2.97. The molecular formula is CH5Cl2In. The monoisotopic (exact) mass is 202 g/mol. The summed E-state index contributed by atoms with van der Waals surface area (Å²) in [4.78, 5) is 0. The Morgan fingerprint density at radius 1 is 1.25 bits per heavy atom. The molecule has 0 amide bonds. The van der Waals surface area contributed by atoms with Crippen LogP contribution >= 0.6 is 23.2 Å². The number of hydrogen-bond donors (Lipinski definition) is 0. The summed E-state index contributed by atoms with van der Waals surface area (Å²) in [6, 6.07) is 0. The van der Waals surface area contributed by atoms with E-state index in [-0.39, 0.29) is 31.2 Å². The minimum atomic E-state index is 0. The first kappa shape index (κ1) is 9.07. The van der Waals surface area contributed by atoms with Crippen molar-refractivity contribution in [2.24, 2.45) is 0 Å². The van der Waals surface area contributed by atoms with Crippen molar-refractivity contribution >= 4 is 49.0 Å². The molecule has 0 atom stereocenters. The molecule has 0 spiro atoms. The topological polar surface area (TPSA) is 0 Å². The molecule has 26 valence electrons. The molecule has 0 rings (SSSR count). The van der Waals surface area contributed by atoms with Gasteiger partial charge in [0.15, 0.2) is 0 Å². The Morgan fingerprint density at radius 3 is 1.25 bits per heavy atom. The van der Waals surface area contributed by atoms with Crippen LogP contribution in [0.2, 0.25) is 0 Å². The first-order chi connectivity index (χ1) is 1.41. The third kappa shape index (κ3) is 9.85. The Balaban J connectivity index is 0. The molecule has 0 aliphatic heterocycles. The normalized spacial score (nSPS) is 4.50. The first-order valence-electron chi connectivity index (χ1n) is 0.535. The number of halogens is 2. The van der Waals surface area contributed by atoms with Gasteiger partial charge in [-0.05, 0) is 0 Å². The summed E-state index contributed by atoms with van der Waals surface area (Å²) < 4.78 is 0. The van der Waals surface area contributed by atoms with Gasteiger partial charge in [-0.3, -0.25) is 0 Å². The van der Waals surface area contributed by atoms with Crippen molar-refractivity contribution < 1.29 is 0 Å². The Morgan fingerprint density at radius 2 is 1.25 bits per heavy atom. The van der Waals surface area contributed by atoms with Crippen molar-refractivity contribution in [2.45, 2.75) is 0 Å². The van der Waals surface area contributed by atoms with Crippen LogP contribution in [0.3, 0.4) is 0 Å². The van der Waals surface area contributed by atoms with Crippen molar-refractivity contribution in [2.75, 3.05) is 5.34 Å². The van der Waals surface area contributed by atoms with E-state index in [4.69, 9.17) is 23.2 Å². The fraction of sp³-hybridized carbons (Fsp3) is 1.00. The van der Waals surface area contributed by atoms with Crippen LogP contribution < -0.4 is 0 Å². The van der Waals surface area contributed by atoms with E-state index in [1.54, 1.807) is 0 Å². The molecule has 0 fully saturated rings. The van der Waals surface area contributed by atoms with Gasteiger partial charge in [-0.25, -0.2) is 0 Å². The van der Waals surface area contributed by atoms with Gasteiger partial charge < -0.3 is 0 Å². The summed E-state index contributed by atoms with van der Waals surface area (Å²) in [7, 11) is 0. The Labute approximate surface area is 54.3 Å². The van der Waals surface area contributed by atoms with Crippen LogP contribution in [0.5, 0.6) is 0 Å². The van der Waals surface area contributed by atoms with Crippen LogP contribution in [0.25, 0.3) is 0 Å². The summed E-state index contributed by atoms with van der Waals surface area (Å²) in [5.41, 5.74) is 0. The molecule has 0 nitrogen and oxygen atoms in total. The van der Waals surface area contributed by atoms with E-state index < -0.39 is 0 Å². The van der Waals surface area contributed by atoms with Gasteiger partial charge in [0, 0.05) is 0 Å². The van der Waals surface area contributed by atoms with Crippen LogP contribution in [0.1, 0.15) is 0 Å². The van der Waals surface area contributed by atoms with E-state index in [1.807, 2.05) is 0 Å². The zero-order chi connectivity index (χ0) is 2.71. The molecule has 3 heteroatoms.